The van der Waals surface area contributed by atoms with Gasteiger partial charge in [-0.2, -0.15) is 0 Å². The molecule has 0 saturated heterocycles. The van der Waals surface area contributed by atoms with Crippen LogP contribution in [0.3, 0.4) is 0 Å². The van der Waals surface area contributed by atoms with Gasteiger partial charge >= 0.3 is 0 Å². The van der Waals surface area contributed by atoms with E-state index in [0.717, 1.165) is 22.6 Å². The number of aryl methyl sites for hydroxylation is 3. The number of benzene rings is 1. The average molecular weight is 269 g/mol. The molecule has 0 aliphatic rings. The predicted molar refractivity (Wildman–Crippen MR) is 80.7 cm³/mol. The Bertz CT molecular complexity index is 678. The van der Waals surface area contributed by atoms with Gasteiger partial charge in [-0.05, 0) is 50.5 Å². The quantitative estimate of drug-likeness (QED) is 0.662. The third-order valence-electron chi connectivity index (χ3n) is 3.32. The van der Waals surface area contributed by atoms with Crippen molar-refractivity contribution in [2.45, 2.75) is 27.7 Å². The van der Waals surface area contributed by atoms with Gasteiger partial charge < -0.3 is 10.5 Å². The van der Waals surface area contributed by atoms with E-state index in [4.69, 9.17) is 15.9 Å². The van der Waals surface area contributed by atoms with E-state index >= 15 is 0 Å². The highest BCUT2D eigenvalue weighted by Crippen LogP contribution is 2.30. The summed E-state index contributed by atoms with van der Waals surface area (Å²) in [5.41, 5.74) is 10.2. The lowest BCUT2D eigenvalue weighted by Gasteiger charge is -2.14. The minimum Gasteiger partial charge on any atom is -0.438 e. The molecule has 0 fully saturated rings. The zero-order valence-electron chi connectivity index (χ0n) is 12.2. The van der Waals surface area contributed by atoms with Crippen LogP contribution in [0.4, 0.5) is 0 Å². The van der Waals surface area contributed by atoms with Crippen LogP contribution in [0, 0.1) is 33.1 Å². The van der Waals surface area contributed by atoms with Crippen LogP contribution in [-0.2, 0) is 0 Å². The third-order valence-corrected chi connectivity index (χ3v) is 3.32. The van der Waals surface area contributed by atoms with Crippen molar-refractivity contribution >= 4 is 5.84 Å². The Kier molecular flexibility index (Phi) is 3.74. The van der Waals surface area contributed by atoms with Gasteiger partial charge in [-0.25, -0.2) is 4.98 Å². The molecule has 2 rings (SSSR count). The molecule has 0 unspecified atom stereocenters. The van der Waals surface area contributed by atoms with Gasteiger partial charge in [0.15, 0.2) is 0 Å². The summed E-state index contributed by atoms with van der Waals surface area (Å²) in [7, 11) is 0. The SMILES string of the molecule is Cc1cc(C(=N)N)cc(Oc2c(C)ccc(C)c2C)n1. The van der Waals surface area contributed by atoms with Crippen LogP contribution in [0.1, 0.15) is 27.9 Å². The first-order valence-electron chi connectivity index (χ1n) is 6.46. The molecular weight excluding hydrogens is 250 g/mol. The Labute approximate surface area is 119 Å². The van der Waals surface area contributed by atoms with E-state index in [1.165, 1.54) is 5.56 Å². The maximum Gasteiger partial charge on any atom is 0.220 e. The molecule has 1 aromatic carbocycles. The summed E-state index contributed by atoms with van der Waals surface area (Å²) < 4.78 is 5.93. The van der Waals surface area contributed by atoms with Crippen LogP contribution >= 0.6 is 0 Å². The first kappa shape index (κ1) is 14.1. The van der Waals surface area contributed by atoms with Crippen molar-refractivity contribution in [2.24, 2.45) is 5.73 Å². The molecule has 0 aliphatic heterocycles. The van der Waals surface area contributed by atoms with Crippen molar-refractivity contribution in [1.29, 1.82) is 5.41 Å². The summed E-state index contributed by atoms with van der Waals surface area (Å²) in [6.07, 6.45) is 0. The number of rotatable bonds is 3. The normalized spacial score (nSPS) is 10.4. The predicted octanol–water partition coefficient (Wildman–Crippen LogP) is 3.39. The zero-order valence-corrected chi connectivity index (χ0v) is 12.2. The number of hydrogen-bond acceptors (Lipinski definition) is 3. The smallest absolute Gasteiger partial charge is 0.220 e. The van der Waals surface area contributed by atoms with Gasteiger partial charge in [0, 0.05) is 17.3 Å². The number of nitrogens with two attached hydrogens (primary N) is 1. The third kappa shape index (κ3) is 2.79. The Morgan fingerprint density at radius 1 is 1.10 bits per heavy atom. The lowest BCUT2D eigenvalue weighted by atomic mass is 10.1. The van der Waals surface area contributed by atoms with Crippen molar-refractivity contribution in [2.75, 3.05) is 0 Å². The molecule has 0 bridgehead atoms. The van der Waals surface area contributed by atoms with Crippen LogP contribution in [0.5, 0.6) is 11.6 Å². The Hall–Kier alpha value is -2.36. The van der Waals surface area contributed by atoms with E-state index in [1.807, 2.05) is 33.8 Å². The Balaban J connectivity index is 2.45. The largest absolute Gasteiger partial charge is 0.438 e. The fourth-order valence-electron chi connectivity index (χ4n) is 2.03. The molecule has 20 heavy (non-hydrogen) atoms. The summed E-state index contributed by atoms with van der Waals surface area (Å²) in [6, 6.07) is 7.56. The maximum atomic E-state index is 7.52. The number of aromatic nitrogens is 1. The highest BCUT2D eigenvalue weighted by atomic mass is 16.5. The number of nitrogens with zero attached hydrogens (tertiary/aromatic N) is 1. The summed E-state index contributed by atoms with van der Waals surface area (Å²) in [4.78, 5) is 4.35. The van der Waals surface area contributed by atoms with E-state index in [9.17, 15) is 0 Å². The molecule has 0 amide bonds. The molecule has 0 radical (unpaired) electrons. The number of amidine groups is 1. The standard InChI is InChI=1S/C16H19N3O/c1-9-5-6-10(2)15(12(9)4)20-14-8-13(16(17)18)7-11(3)19-14/h5-8H,1-4H3,(H3,17,18). The number of hydrogen-bond donors (Lipinski definition) is 2. The molecule has 0 aliphatic carbocycles. The molecule has 3 N–H and O–H groups in total. The fraction of sp³-hybridized carbons (Fsp3) is 0.250. The van der Waals surface area contributed by atoms with Gasteiger partial charge in [0.1, 0.15) is 11.6 Å². The fourth-order valence-corrected chi connectivity index (χ4v) is 2.03. The van der Waals surface area contributed by atoms with Crippen molar-refractivity contribution in [1.82, 2.24) is 4.98 Å². The van der Waals surface area contributed by atoms with Gasteiger partial charge in [-0.3, -0.25) is 5.41 Å². The highest BCUT2D eigenvalue weighted by Gasteiger charge is 2.10. The van der Waals surface area contributed by atoms with Gasteiger partial charge in [0.25, 0.3) is 0 Å². The van der Waals surface area contributed by atoms with Crippen molar-refractivity contribution in [3.8, 4) is 11.6 Å². The van der Waals surface area contributed by atoms with E-state index in [2.05, 4.69) is 11.1 Å². The lowest BCUT2D eigenvalue weighted by Crippen LogP contribution is -2.11. The van der Waals surface area contributed by atoms with Crippen LogP contribution in [0.25, 0.3) is 0 Å². The number of nitrogens with one attached hydrogen (secondary N) is 1. The molecular formula is C16H19N3O. The second-order valence-electron chi connectivity index (χ2n) is 5.00. The van der Waals surface area contributed by atoms with Crippen molar-refractivity contribution in [3.63, 3.8) is 0 Å². The Morgan fingerprint density at radius 3 is 2.40 bits per heavy atom. The molecule has 0 spiro atoms. The van der Waals surface area contributed by atoms with Gasteiger partial charge in [-0.1, -0.05) is 12.1 Å². The summed E-state index contributed by atoms with van der Waals surface area (Å²) in [6.45, 7) is 7.93. The lowest BCUT2D eigenvalue weighted by molar-refractivity contribution is 0.454. The molecule has 0 atom stereocenters. The van der Waals surface area contributed by atoms with Crippen LogP contribution in [-0.4, -0.2) is 10.8 Å². The molecule has 1 heterocycles. The topological polar surface area (TPSA) is 72.0 Å². The monoisotopic (exact) mass is 269 g/mol. The number of ether oxygens (including phenoxy) is 1. The minimum absolute atomic E-state index is 0.0121. The zero-order chi connectivity index (χ0) is 14.9. The van der Waals surface area contributed by atoms with Crippen LogP contribution < -0.4 is 10.5 Å². The highest BCUT2D eigenvalue weighted by molar-refractivity contribution is 5.95. The first-order chi connectivity index (χ1) is 9.38. The number of nitrogen functional groups attached to an aromatic ring is 1. The minimum atomic E-state index is 0.0121. The van der Waals surface area contributed by atoms with Gasteiger partial charge in [-0.15, -0.1) is 0 Å². The van der Waals surface area contributed by atoms with Crippen LogP contribution in [0.15, 0.2) is 24.3 Å². The molecule has 4 heteroatoms. The van der Waals surface area contributed by atoms with Crippen LogP contribution in [0.2, 0.25) is 0 Å². The summed E-state index contributed by atoms with van der Waals surface area (Å²) in [5, 5.41) is 7.52. The van der Waals surface area contributed by atoms with E-state index in [1.54, 1.807) is 12.1 Å². The van der Waals surface area contributed by atoms with E-state index in [-0.39, 0.29) is 5.84 Å². The maximum absolute atomic E-state index is 7.52. The van der Waals surface area contributed by atoms with Crippen molar-refractivity contribution in [3.05, 3.63) is 52.2 Å². The second-order valence-corrected chi connectivity index (χ2v) is 5.00. The summed E-state index contributed by atoms with van der Waals surface area (Å²) in [5.74, 6) is 1.29. The molecule has 2 aromatic rings. The second kappa shape index (κ2) is 5.33. The first-order valence-corrected chi connectivity index (χ1v) is 6.46. The van der Waals surface area contributed by atoms with Crippen molar-refractivity contribution < 1.29 is 4.74 Å². The summed E-state index contributed by atoms with van der Waals surface area (Å²) >= 11 is 0. The molecule has 1 aromatic heterocycles. The molecule has 4 nitrogen and oxygen atoms in total. The van der Waals surface area contributed by atoms with Gasteiger partial charge in [0.2, 0.25) is 5.88 Å². The molecule has 104 valence electrons. The average Bonchev–Trinajstić information content (AvgIpc) is 2.38. The molecule has 0 saturated carbocycles. The van der Waals surface area contributed by atoms with E-state index in [0.29, 0.717) is 11.4 Å². The van der Waals surface area contributed by atoms with Gasteiger partial charge in [0.05, 0.1) is 0 Å². The van der Waals surface area contributed by atoms with E-state index < -0.39 is 0 Å². The number of pyridine rings is 1. The Morgan fingerprint density at radius 2 is 1.75 bits per heavy atom.